The Morgan fingerprint density at radius 2 is 2.50 bits per heavy atom. The highest BCUT2D eigenvalue weighted by Gasteiger charge is 1.99. The van der Waals surface area contributed by atoms with Crippen molar-refractivity contribution in [2.75, 3.05) is 6.54 Å². The van der Waals surface area contributed by atoms with Crippen molar-refractivity contribution >= 4 is 0 Å². The summed E-state index contributed by atoms with van der Waals surface area (Å²) in [6.45, 7) is 2.81. The van der Waals surface area contributed by atoms with E-state index >= 15 is 0 Å². The van der Waals surface area contributed by atoms with Crippen LogP contribution in [0.1, 0.15) is 18.2 Å². The molecule has 3 N–H and O–H groups in total. The van der Waals surface area contributed by atoms with E-state index in [1.165, 1.54) is 11.3 Å². The predicted octanol–water partition coefficient (Wildman–Crippen LogP) is 0.473. The largest absolute Gasteiger partial charge is 0.330 e. The fourth-order valence-electron chi connectivity index (χ4n) is 1.00. The summed E-state index contributed by atoms with van der Waals surface area (Å²) < 4.78 is 0. The molecule has 10 heavy (non-hydrogen) atoms. The molecule has 0 aliphatic carbocycles. The van der Waals surface area contributed by atoms with Gasteiger partial charge in [0, 0.05) is 12.1 Å². The molecule has 0 saturated heterocycles. The lowest BCUT2D eigenvalue weighted by Gasteiger charge is -1.95. The summed E-state index contributed by atoms with van der Waals surface area (Å²) in [5, 5.41) is 6.86. The Hall–Kier alpha value is -0.830. The van der Waals surface area contributed by atoms with Gasteiger partial charge >= 0.3 is 0 Å². The summed E-state index contributed by atoms with van der Waals surface area (Å²) in [5.41, 5.74) is 7.86. The van der Waals surface area contributed by atoms with Crippen molar-refractivity contribution in [2.45, 2.75) is 19.8 Å². The van der Waals surface area contributed by atoms with Crippen molar-refractivity contribution in [1.29, 1.82) is 0 Å². The topological polar surface area (TPSA) is 54.7 Å². The molecule has 1 aromatic heterocycles. The third-order valence-electron chi connectivity index (χ3n) is 1.58. The highest BCUT2D eigenvalue weighted by Crippen LogP contribution is 2.04. The average molecular weight is 139 g/mol. The molecule has 0 atom stereocenters. The normalized spacial score (nSPS) is 10.2. The zero-order valence-electron chi connectivity index (χ0n) is 6.22. The Bertz CT molecular complexity index is 192. The SMILES string of the molecule is CCc1cn[nH]c1CCN. The van der Waals surface area contributed by atoms with Crippen LogP contribution in [0.2, 0.25) is 0 Å². The summed E-state index contributed by atoms with van der Waals surface area (Å²) in [7, 11) is 0. The first kappa shape index (κ1) is 7.28. The highest BCUT2D eigenvalue weighted by molar-refractivity contribution is 5.15. The second-order valence-corrected chi connectivity index (χ2v) is 2.27. The van der Waals surface area contributed by atoms with E-state index in [2.05, 4.69) is 17.1 Å². The Morgan fingerprint density at radius 1 is 1.70 bits per heavy atom. The number of rotatable bonds is 3. The molecule has 0 fully saturated rings. The van der Waals surface area contributed by atoms with Gasteiger partial charge in [0.05, 0.1) is 6.20 Å². The van der Waals surface area contributed by atoms with Crippen LogP contribution >= 0.6 is 0 Å². The molecule has 1 heterocycles. The maximum absolute atomic E-state index is 5.40. The van der Waals surface area contributed by atoms with Gasteiger partial charge in [0.1, 0.15) is 0 Å². The van der Waals surface area contributed by atoms with Gasteiger partial charge < -0.3 is 5.73 Å². The number of nitrogens with two attached hydrogens (primary N) is 1. The molecule has 1 rings (SSSR count). The van der Waals surface area contributed by atoms with Crippen molar-refractivity contribution in [3.63, 3.8) is 0 Å². The van der Waals surface area contributed by atoms with E-state index in [1.807, 2.05) is 6.20 Å². The van der Waals surface area contributed by atoms with E-state index in [0.29, 0.717) is 6.54 Å². The second-order valence-electron chi connectivity index (χ2n) is 2.27. The van der Waals surface area contributed by atoms with Crippen molar-refractivity contribution in [3.05, 3.63) is 17.5 Å². The summed E-state index contributed by atoms with van der Waals surface area (Å²) in [6.07, 6.45) is 3.81. The fraction of sp³-hybridized carbons (Fsp3) is 0.571. The molecule has 0 radical (unpaired) electrons. The quantitative estimate of drug-likeness (QED) is 0.639. The summed E-state index contributed by atoms with van der Waals surface area (Å²) >= 11 is 0. The lowest BCUT2D eigenvalue weighted by molar-refractivity contribution is 0.887. The summed E-state index contributed by atoms with van der Waals surface area (Å²) in [4.78, 5) is 0. The van der Waals surface area contributed by atoms with Crippen LogP contribution in [-0.2, 0) is 12.8 Å². The van der Waals surface area contributed by atoms with Crippen LogP contribution in [0.5, 0.6) is 0 Å². The van der Waals surface area contributed by atoms with E-state index in [1.54, 1.807) is 0 Å². The van der Waals surface area contributed by atoms with Crippen LogP contribution < -0.4 is 5.73 Å². The molecule has 0 bridgehead atoms. The third kappa shape index (κ3) is 1.36. The van der Waals surface area contributed by atoms with E-state index in [9.17, 15) is 0 Å². The lowest BCUT2D eigenvalue weighted by Crippen LogP contribution is -2.04. The Balaban J connectivity index is 2.70. The van der Waals surface area contributed by atoms with E-state index in [4.69, 9.17) is 5.73 Å². The van der Waals surface area contributed by atoms with Crippen molar-refractivity contribution in [2.24, 2.45) is 5.73 Å². The van der Waals surface area contributed by atoms with Crippen LogP contribution in [0.25, 0.3) is 0 Å². The van der Waals surface area contributed by atoms with E-state index < -0.39 is 0 Å². The minimum absolute atomic E-state index is 0.690. The Morgan fingerprint density at radius 3 is 3.10 bits per heavy atom. The molecule has 0 amide bonds. The molecule has 0 aromatic carbocycles. The van der Waals surface area contributed by atoms with Gasteiger partial charge in [0.25, 0.3) is 0 Å². The van der Waals surface area contributed by atoms with Crippen molar-refractivity contribution in [3.8, 4) is 0 Å². The average Bonchev–Trinajstić information content (AvgIpc) is 2.36. The minimum atomic E-state index is 0.690. The molecule has 56 valence electrons. The van der Waals surface area contributed by atoms with Gasteiger partial charge in [-0.1, -0.05) is 6.92 Å². The molecule has 0 aliphatic rings. The van der Waals surface area contributed by atoms with Crippen LogP contribution in [0.3, 0.4) is 0 Å². The monoisotopic (exact) mass is 139 g/mol. The van der Waals surface area contributed by atoms with Crippen LogP contribution in [0.4, 0.5) is 0 Å². The standard InChI is InChI=1S/C7H13N3/c1-2-6-5-9-10-7(6)3-4-8/h5H,2-4,8H2,1H3,(H,9,10). The van der Waals surface area contributed by atoms with Gasteiger partial charge in [-0.3, -0.25) is 5.10 Å². The summed E-state index contributed by atoms with van der Waals surface area (Å²) in [5.74, 6) is 0. The second kappa shape index (κ2) is 3.37. The number of nitrogens with one attached hydrogen (secondary N) is 1. The maximum Gasteiger partial charge on any atom is 0.0522 e. The minimum Gasteiger partial charge on any atom is -0.330 e. The molecular formula is C7H13N3. The Kier molecular flexibility index (Phi) is 2.45. The molecule has 0 spiro atoms. The van der Waals surface area contributed by atoms with Gasteiger partial charge in [0.15, 0.2) is 0 Å². The first-order chi connectivity index (χ1) is 4.88. The molecule has 1 aromatic rings. The van der Waals surface area contributed by atoms with Gasteiger partial charge in [-0.15, -0.1) is 0 Å². The Labute approximate surface area is 60.6 Å². The first-order valence-electron chi connectivity index (χ1n) is 3.59. The van der Waals surface area contributed by atoms with Crippen LogP contribution in [-0.4, -0.2) is 16.7 Å². The highest BCUT2D eigenvalue weighted by atomic mass is 15.1. The molecular weight excluding hydrogens is 126 g/mol. The first-order valence-corrected chi connectivity index (χ1v) is 3.59. The zero-order chi connectivity index (χ0) is 7.40. The fourth-order valence-corrected chi connectivity index (χ4v) is 1.00. The number of hydrogen-bond acceptors (Lipinski definition) is 2. The van der Waals surface area contributed by atoms with Gasteiger partial charge in [-0.05, 0) is 18.5 Å². The van der Waals surface area contributed by atoms with Gasteiger partial charge in [-0.25, -0.2) is 0 Å². The number of aryl methyl sites for hydroxylation is 1. The van der Waals surface area contributed by atoms with Crippen LogP contribution in [0.15, 0.2) is 6.20 Å². The summed E-state index contributed by atoms with van der Waals surface area (Å²) in [6, 6.07) is 0. The van der Waals surface area contributed by atoms with Crippen molar-refractivity contribution < 1.29 is 0 Å². The number of H-pyrrole nitrogens is 1. The van der Waals surface area contributed by atoms with Crippen LogP contribution in [0, 0.1) is 0 Å². The van der Waals surface area contributed by atoms with Gasteiger partial charge in [0.2, 0.25) is 0 Å². The van der Waals surface area contributed by atoms with E-state index in [0.717, 1.165) is 12.8 Å². The third-order valence-corrected chi connectivity index (χ3v) is 1.58. The molecule has 0 aliphatic heterocycles. The number of hydrogen-bond donors (Lipinski definition) is 2. The lowest BCUT2D eigenvalue weighted by atomic mass is 10.1. The smallest absolute Gasteiger partial charge is 0.0522 e. The van der Waals surface area contributed by atoms with E-state index in [-0.39, 0.29) is 0 Å². The molecule has 0 unspecified atom stereocenters. The maximum atomic E-state index is 5.40. The number of aromatic nitrogens is 2. The zero-order valence-corrected chi connectivity index (χ0v) is 6.22. The molecule has 0 saturated carbocycles. The number of aromatic amines is 1. The molecule has 3 nitrogen and oxygen atoms in total. The number of nitrogens with zero attached hydrogens (tertiary/aromatic N) is 1. The van der Waals surface area contributed by atoms with Gasteiger partial charge in [-0.2, -0.15) is 5.10 Å². The molecule has 3 heteroatoms. The predicted molar refractivity (Wildman–Crippen MR) is 40.7 cm³/mol. The van der Waals surface area contributed by atoms with Crippen molar-refractivity contribution in [1.82, 2.24) is 10.2 Å².